The van der Waals surface area contributed by atoms with Crippen molar-refractivity contribution in [2.24, 2.45) is 10.9 Å². The van der Waals surface area contributed by atoms with Crippen LogP contribution >= 0.6 is 15.9 Å². The minimum Gasteiger partial charge on any atom is -0.409 e. The standard InChI is InChI=1S/C14H19BrN4O2/c15-10-6-5-9-17-11(10)12(20)18-14(13(16)19-21)7-3-1-2-4-8-14/h5-6,9,21H,1-4,7-8H2,(H2,16,19)(H,18,20). The van der Waals surface area contributed by atoms with Crippen molar-refractivity contribution in [3.8, 4) is 0 Å². The highest BCUT2D eigenvalue weighted by Gasteiger charge is 2.37. The lowest BCUT2D eigenvalue weighted by Gasteiger charge is -2.32. The Balaban J connectivity index is 2.27. The topological polar surface area (TPSA) is 101 Å². The van der Waals surface area contributed by atoms with Gasteiger partial charge in [-0.3, -0.25) is 4.79 Å². The maximum atomic E-state index is 12.5. The number of pyridine rings is 1. The lowest BCUT2D eigenvalue weighted by Crippen LogP contribution is -2.57. The normalized spacial score (nSPS) is 18.8. The molecule has 4 N–H and O–H groups in total. The molecule has 0 aromatic carbocycles. The summed E-state index contributed by atoms with van der Waals surface area (Å²) < 4.78 is 0.616. The first-order chi connectivity index (χ1) is 10.1. The van der Waals surface area contributed by atoms with Gasteiger partial charge in [0.2, 0.25) is 0 Å². The molecule has 0 bridgehead atoms. The first-order valence-electron chi connectivity index (χ1n) is 7.00. The number of nitrogens with zero attached hydrogens (tertiary/aromatic N) is 2. The first kappa shape index (κ1) is 15.8. The molecule has 0 aliphatic heterocycles. The highest BCUT2D eigenvalue weighted by Crippen LogP contribution is 2.28. The van der Waals surface area contributed by atoms with Gasteiger partial charge < -0.3 is 16.3 Å². The molecule has 1 heterocycles. The van der Waals surface area contributed by atoms with Crippen molar-refractivity contribution in [1.82, 2.24) is 10.3 Å². The molecular formula is C14H19BrN4O2. The molecule has 21 heavy (non-hydrogen) atoms. The Bertz CT molecular complexity index is 540. The molecule has 1 fully saturated rings. The largest absolute Gasteiger partial charge is 0.409 e. The van der Waals surface area contributed by atoms with Gasteiger partial charge in [0.25, 0.3) is 5.91 Å². The summed E-state index contributed by atoms with van der Waals surface area (Å²) in [6.45, 7) is 0. The number of amidine groups is 1. The van der Waals surface area contributed by atoms with Gasteiger partial charge in [0, 0.05) is 10.7 Å². The highest BCUT2D eigenvalue weighted by molar-refractivity contribution is 9.10. The molecule has 0 unspecified atom stereocenters. The molecule has 1 saturated carbocycles. The van der Waals surface area contributed by atoms with E-state index in [2.05, 4.69) is 31.4 Å². The van der Waals surface area contributed by atoms with E-state index in [0.717, 1.165) is 25.7 Å². The molecule has 1 aromatic heterocycles. The predicted octanol–water partition coefficient (Wildman–Crippen LogP) is 2.41. The second-order valence-electron chi connectivity index (χ2n) is 5.27. The minimum absolute atomic E-state index is 0.0600. The van der Waals surface area contributed by atoms with Gasteiger partial charge in [-0.15, -0.1) is 0 Å². The van der Waals surface area contributed by atoms with Crippen molar-refractivity contribution >= 4 is 27.7 Å². The van der Waals surface area contributed by atoms with Gasteiger partial charge in [0.05, 0.1) is 0 Å². The monoisotopic (exact) mass is 354 g/mol. The number of nitrogens with one attached hydrogen (secondary N) is 1. The summed E-state index contributed by atoms with van der Waals surface area (Å²) in [5, 5.41) is 15.1. The molecule has 7 heteroatoms. The average Bonchev–Trinajstić information content (AvgIpc) is 2.73. The number of carbonyl (C=O) groups excluding carboxylic acids is 1. The van der Waals surface area contributed by atoms with Crippen LogP contribution in [0.5, 0.6) is 0 Å². The van der Waals surface area contributed by atoms with Crippen LogP contribution in [0.2, 0.25) is 0 Å². The fraction of sp³-hybridized carbons (Fsp3) is 0.500. The van der Waals surface area contributed by atoms with Crippen LogP contribution in [-0.4, -0.2) is 27.5 Å². The Kier molecular flexibility index (Phi) is 5.17. The van der Waals surface area contributed by atoms with Crippen molar-refractivity contribution in [2.75, 3.05) is 0 Å². The summed E-state index contributed by atoms with van der Waals surface area (Å²) in [4.78, 5) is 16.6. The van der Waals surface area contributed by atoms with Crippen molar-refractivity contribution < 1.29 is 10.0 Å². The zero-order chi connectivity index (χ0) is 15.3. The quantitative estimate of drug-likeness (QED) is 0.255. The van der Waals surface area contributed by atoms with E-state index in [1.54, 1.807) is 18.3 Å². The van der Waals surface area contributed by atoms with Crippen molar-refractivity contribution in [1.29, 1.82) is 0 Å². The third-order valence-electron chi connectivity index (χ3n) is 3.88. The Labute approximate surface area is 131 Å². The Morgan fingerprint density at radius 2 is 2.05 bits per heavy atom. The summed E-state index contributed by atoms with van der Waals surface area (Å²) in [5.74, 6) is -0.263. The van der Waals surface area contributed by atoms with Gasteiger partial charge in [-0.05, 0) is 40.9 Å². The number of oxime groups is 1. The highest BCUT2D eigenvalue weighted by atomic mass is 79.9. The number of aromatic nitrogens is 1. The fourth-order valence-corrected chi connectivity index (χ4v) is 3.14. The van der Waals surface area contributed by atoms with E-state index in [9.17, 15) is 4.79 Å². The van der Waals surface area contributed by atoms with Gasteiger partial charge >= 0.3 is 0 Å². The van der Waals surface area contributed by atoms with E-state index in [4.69, 9.17) is 10.9 Å². The van der Waals surface area contributed by atoms with E-state index in [1.807, 2.05) is 0 Å². The number of rotatable bonds is 3. The molecule has 1 aliphatic rings. The van der Waals surface area contributed by atoms with Gasteiger partial charge in [-0.25, -0.2) is 4.98 Å². The smallest absolute Gasteiger partial charge is 0.271 e. The van der Waals surface area contributed by atoms with Crippen LogP contribution in [0.3, 0.4) is 0 Å². The second-order valence-corrected chi connectivity index (χ2v) is 6.12. The maximum absolute atomic E-state index is 12.5. The second kappa shape index (κ2) is 6.89. The Morgan fingerprint density at radius 1 is 1.38 bits per heavy atom. The minimum atomic E-state index is -0.792. The van der Waals surface area contributed by atoms with Crippen molar-refractivity contribution in [3.05, 3.63) is 28.5 Å². The number of halogens is 1. The molecular weight excluding hydrogens is 336 g/mol. The van der Waals surface area contributed by atoms with Crippen LogP contribution in [0.25, 0.3) is 0 Å². The van der Waals surface area contributed by atoms with E-state index in [0.29, 0.717) is 23.0 Å². The number of carbonyl (C=O) groups is 1. The molecule has 0 atom stereocenters. The molecule has 6 nitrogen and oxygen atoms in total. The summed E-state index contributed by atoms with van der Waals surface area (Å²) in [6, 6.07) is 3.50. The summed E-state index contributed by atoms with van der Waals surface area (Å²) in [6.07, 6.45) is 6.92. The zero-order valence-electron chi connectivity index (χ0n) is 11.7. The summed E-state index contributed by atoms with van der Waals surface area (Å²) in [5.41, 5.74) is 5.38. The molecule has 1 aromatic rings. The van der Waals surface area contributed by atoms with Crippen LogP contribution in [0.4, 0.5) is 0 Å². The van der Waals surface area contributed by atoms with E-state index < -0.39 is 5.54 Å². The third kappa shape index (κ3) is 3.53. The average molecular weight is 355 g/mol. The predicted molar refractivity (Wildman–Crippen MR) is 83.2 cm³/mol. The van der Waals surface area contributed by atoms with Crippen LogP contribution in [0.1, 0.15) is 49.0 Å². The van der Waals surface area contributed by atoms with E-state index in [-0.39, 0.29) is 11.7 Å². The van der Waals surface area contributed by atoms with Gasteiger partial charge in [0.1, 0.15) is 11.2 Å². The van der Waals surface area contributed by atoms with Gasteiger partial charge in [0.15, 0.2) is 5.84 Å². The first-order valence-corrected chi connectivity index (χ1v) is 7.79. The van der Waals surface area contributed by atoms with Crippen LogP contribution < -0.4 is 11.1 Å². The molecule has 0 spiro atoms. The molecule has 0 radical (unpaired) electrons. The lowest BCUT2D eigenvalue weighted by molar-refractivity contribution is 0.0909. The number of amides is 1. The molecule has 0 saturated heterocycles. The SMILES string of the molecule is N/C(=N/O)C1(NC(=O)c2ncccc2Br)CCCCCC1. The molecule has 114 valence electrons. The molecule has 1 amide bonds. The number of hydrogen-bond acceptors (Lipinski definition) is 4. The zero-order valence-corrected chi connectivity index (χ0v) is 13.3. The van der Waals surface area contributed by atoms with Crippen molar-refractivity contribution in [3.63, 3.8) is 0 Å². The number of hydrogen-bond donors (Lipinski definition) is 3. The fourth-order valence-electron chi connectivity index (χ4n) is 2.70. The van der Waals surface area contributed by atoms with Crippen molar-refractivity contribution in [2.45, 2.75) is 44.1 Å². The molecule has 2 rings (SSSR count). The Hall–Kier alpha value is -1.63. The van der Waals surface area contributed by atoms with Crippen LogP contribution in [0, 0.1) is 0 Å². The van der Waals surface area contributed by atoms with E-state index in [1.165, 1.54) is 0 Å². The third-order valence-corrected chi connectivity index (χ3v) is 4.52. The van der Waals surface area contributed by atoms with Gasteiger partial charge in [-0.1, -0.05) is 30.8 Å². The molecule has 1 aliphatic carbocycles. The maximum Gasteiger partial charge on any atom is 0.271 e. The van der Waals surface area contributed by atoms with Gasteiger partial charge in [-0.2, -0.15) is 0 Å². The number of nitrogens with two attached hydrogens (primary N) is 1. The summed E-state index contributed by atoms with van der Waals surface area (Å²) >= 11 is 3.31. The van der Waals surface area contributed by atoms with Crippen LogP contribution in [-0.2, 0) is 0 Å². The lowest BCUT2D eigenvalue weighted by atomic mass is 9.88. The van der Waals surface area contributed by atoms with Crippen LogP contribution in [0.15, 0.2) is 28.0 Å². The van der Waals surface area contributed by atoms with E-state index >= 15 is 0 Å². The summed E-state index contributed by atoms with van der Waals surface area (Å²) in [7, 11) is 0. The Morgan fingerprint density at radius 3 is 2.62 bits per heavy atom.